The van der Waals surface area contributed by atoms with Crippen LogP contribution >= 0.6 is 15.9 Å². The van der Waals surface area contributed by atoms with Gasteiger partial charge < -0.3 is 5.32 Å². The number of amides is 1. The number of hydrogen-bond donors (Lipinski definition) is 1. The van der Waals surface area contributed by atoms with Crippen LogP contribution in [0.25, 0.3) is 0 Å². The van der Waals surface area contributed by atoms with Gasteiger partial charge in [-0.25, -0.2) is 0 Å². The molecule has 0 saturated carbocycles. The first kappa shape index (κ1) is 17.7. The highest BCUT2D eigenvalue weighted by molar-refractivity contribution is 9.10. The van der Waals surface area contributed by atoms with E-state index in [0.29, 0.717) is 5.92 Å². The average molecular weight is 374 g/mol. The summed E-state index contributed by atoms with van der Waals surface area (Å²) in [6.07, 6.45) is 1.07. The zero-order chi connectivity index (χ0) is 17.0. The highest BCUT2D eigenvalue weighted by atomic mass is 79.9. The molecule has 3 heteroatoms. The minimum Gasteiger partial charge on any atom is -0.325 e. The standard InChI is InChI=1S/C20H24BrNO/c1-13(2)11-16-6-8-17(9-7-16)15(4)20(23)22-19-10-5-14(3)12-18(19)21/h5-10,12-13,15H,11H2,1-4H3,(H,22,23). The Morgan fingerprint density at radius 3 is 2.30 bits per heavy atom. The van der Waals surface area contributed by atoms with Gasteiger partial charge >= 0.3 is 0 Å². The third-order valence-corrected chi connectivity index (χ3v) is 4.56. The van der Waals surface area contributed by atoms with Crippen molar-refractivity contribution in [1.29, 1.82) is 0 Å². The number of halogens is 1. The quantitative estimate of drug-likeness (QED) is 0.715. The van der Waals surface area contributed by atoms with E-state index in [-0.39, 0.29) is 11.8 Å². The van der Waals surface area contributed by atoms with Crippen molar-refractivity contribution in [2.75, 3.05) is 5.32 Å². The van der Waals surface area contributed by atoms with E-state index in [4.69, 9.17) is 0 Å². The average Bonchev–Trinajstić information content (AvgIpc) is 2.49. The molecule has 1 N–H and O–H groups in total. The van der Waals surface area contributed by atoms with Crippen molar-refractivity contribution in [2.45, 2.75) is 40.0 Å². The number of rotatable bonds is 5. The molecule has 0 radical (unpaired) electrons. The Morgan fingerprint density at radius 1 is 1.09 bits per heavy atom. The van der Waals surface area contributed by atoms with Gasteiger partial charge in [0, 0.05) is 4.47 Å². The number of nitrogens with one attached hydrogen (secondary N) is 1. The lowest BCUT2D eigenvalue weighted by molar-refractivity contribution is -0.117. The van der Waals surface area contributed by atoms with Gasteiger partial charge in [-0.3, -0.25) is 4.79 Å². The summed E-state index contributed by atoms with van der Waals surface area (Å²) in [6.45, 7) is 8.39. The van der Waals surface area contributed by atoms with Crippen LogP contribution in [0.15, 0.2) is 46.9 Å². The van der Waals surface area contributed by atoms with Crippen molar-refractivity contribution in [1.82, 2.24) is 0 Å². The van der Waals surface area contributed by atoms with Gasteiger partial charge in [-0.05, 0) is 70.9 Å². The molecule has 0 aliphatic carbocycles. The van der Waals surface area contributed by atoms with Crippen molar-refractivity contribution in [3.8, 4) is 0 Å². The lowest BCUT2D eigenvalue weighted by Crippen LogP contribution is -2.19. The van der Waals surface area contributed by atoms with Crippen LogP contribution in [0.1, 0.15) is 43.4 Å². The molecule has 0 aliphatic heterocycles. The maximum Gasteiger partial charge on any atom is 0.231 e. The summed E-state index contributed by atoms with van der Waals surface area (Å²) >= 11 is 3.50. The number of hydrogen-bond acceptors (Lipinski definition) is 1. The van der Waals surface area contributed by atoms with Crippen molar-refractivity contribution in [3.63, 3.8) is 0 Å². The molecule has 0 heterocycles. The van der Waals surface area contributed by atoms with Gasteiger partial charge in [0.15, 0.2) is 0 Å². The summed E-state index contributed by atoms with van der Waals surface area (Å²) in [5.74, 6) is 0.461. The number of carbonyl (C=O) groups excluding carboxylic acids is 1. The molecule has 1 amide bonds. The smallest absolute Gasteiger partial charge is 0.231 e. The molecule has 0 aliphatic rings. The molecule has 23 heavy (non-hydrogen) atoms. The van der Waals surface area contributed by atoms with Gasteiger partial charge in [0.05, 0.1) is 11.6 Å². The van der Waals surface area contributed by atoms with Gasteiger partial charge in [0.25, 0.3) is 0 Å². The number of carbonyl (C=O) groups is 1. The maximum absolute atomic E-state index is 12.5. The van der Waals surface area contributed by atoms with Gasteiger partial charge in [0.2, 0.25) is 5.91 Å². The Bertz CT molecular complexity index is 677. The van der Waals surface area contributed by atoms with Crippen molar-refractivity contribution in [2.24, 2.45) is 5.92 Å². The Kier molecular flexibility index (Phi) is 6.00. The van der Waals surface area contributed by atoms with Crippen molar-refractivity contribution < 1.29 is 4.79 Å². The molecule has 1 unspecified atom stereocenters. The zero-order valence-corrected chi connectivity index (χ0v) is 15.8. The summed E-state index contributed by atoms with van der Waals surface area (Å²) in [6, 6.07) is 14.3. The second-order valence-corrected chi connectivity index (χ2v) is 7.39. The lowest BCUT2D eigenvalue weighted by Gasteiger charge is -2.15. The minimum atomic E-state index is -0.184. The van der Waals surface area contributed by atoms with E-state index in [9.17, 15) is 4.79 Å². The van der Waals surface area contributed by atoms with Crippen molar-refractivity contribution >= 4 is 27.5 Å². The summed E-state index contributed by atoms with van der Waals surface area (Å²) in [5.41, 5.74) is 4.32. The van der Waals surface area contributed by atoms with Crippen LogP contribution < -0.4 is 5.32 Å². The fourth-order valence-corrected chi connectivity index (χ4v) is 3.12. The van der Waals surface area contributed by atoms with Crippen LogP contribution in [0, 0.1) is 12.8 Å². The van der Waals surface area contributed by atoms with E-state index in [0.717, 1.165) is 27.7 Å². The molecule has 0 spiro atoms. The molecule has 2 rings (SSSR count). The van der Waals surface area contributed by atoms with E-state index in [2.05, 4.69) is 59.4 Å². The summed E-state index contributed by atoms with van der Waals surface area (Å²) in [4.78, 5) is 12.5. The number of anilines is 1. The Hall–Kier alpha value is -1.61. The first-order valence-corrected chi connectivity index (χ1v) is 8.82. The molecule has 0 fully saturated rings. The maximum atomic E-state index is 12.5. The van der Waals surface area contributed by atoms with Crippen LogP contribution in [-0.4, -0.2) is 5.91 Å². The molecule has 122 valence electrons. The highest BCUT2D eigenvalue weighted by Gasteiger charge is 2.16. The van der Waals surface area contributed by atoms with Gasteiger partial charge in [0.1, 0.15) is 0 Å². The van der Waals surface area contributed by atoms with E-state index in [1.54, 1.807) is 0 Å². The predicted octanol–water partition coefficient (Wildman–Crippen LogP) is 5.70. The molecular weight excluding hydrogens is 350 g/mol. The second kappa shape index (κ2) is 7.78. The summed E-state index contributed by atoms with van der Waals surface area (Å²) in [5, 5.41) is 3.00. The van der Waals surface area contributed by atoms with Crippen LogP contribution in [0.5, 0.6) is 0 Å². The molecule has 1 atom stereocenters. The van der Waals surface area contributed by atoms with Crippen molar-refractivity contribution in [3.05, 3.63) is 63.6 Å². The van der Waals surface area contributed by atoms with Gasteiger partial charge in [-0.1, -0.05) is 44.2 Å². The number of benzene rings is 2. The lowest BCUT2D eigenvalue weighted by atomic mass is 9.96. The molecule has 2 nitrogen and oxygen atoms in total. The van der Waals surface area contributed by atoms with E-state index in [1.165, 1.54) is 5.56 Å². The first-order valence-electron chi connectivity index (χ1n) is 8.02. The SMILES string of the molecule is Cc1ccc(NC(=O)C(C)c2ccc(CC(C)C)cc2)c(Br)c1. The molecule has 2 aromatic carbocycles. The third-order valence-electron chi connectivity index (χ3n) is 3.90. The topological polar surface area (TPSA) is 29.1 Å². The van der Waals surface area contributed by atoms with E-state index in [1.807, 2.05) is 32.0 Å². The third kappa shape index (κ3) is 4.93. The highest BCUT2D eigenvalue weighted by Crippen LogP contribution is 2.25. The second-order valence-electron chi connectivity index (χ2n) is 6.53. The number of aryl methyl sites for hydroxylation is 1. The van der Waals surface area contributed by atoms with E-state index >= 15 is 0 Å². The summed E-state index contributed by atoms with van der Waals surface area (Å²) in [7, 11) is 0. The molecular formula is C20H24BrNO. The van der Waals surface area contributed by atoms with Crippen LogP contribution in [0.2, 0.25) is 0 Å². The minimum absolute atomic E-state index is 0.00571. The largest absolute Gasteiger partial charge is 0.325 e. The normalized spacial score (nSPS) is 12.3. The zero-order valence-electron chi connectivity index (χ0n) is 14.2. The fourth-order valence-electron chi connectivity index (χ4n) is 2.53. The van der Waals surface area contributed by atoms with Gasteiger partial charge in [-0.15, -0.1) is 0 Å². The van der Waals surface area contributed by atoms with E-state index < -0.39 is 0 Å². The summed E-state index contributed by atoms with van der Waals surface area (Å²) < 4.78 is 0.908. The molecule has 0 aromatic heterocycles. The Morgan fingerprint density at radius 2 is 1.74 bits per heavy atom. The first-order chi connectivity index (χ1) is 10.9. The molecule has 0 saturated heterocycles. The predicted molar refractivity (Wildman–Crippen MR) is 101 cm³/mol. The Balaban J connectivity index is 2.07. The molecule has 0 bridgehead atoms. The van der Waals surface area contributed by atoms with Crippen LogP contribution in [0.4, 0.5) is 5.69 Å². The Labute approximate surface area is 147 Å². The van der Waals surface area contributed by atoms with Crippen LogP contribution in [-0.2, 0) is 11.2 Å². The molecule has 2 aromatic rings. The van der Waals surface area contributed by atoms with Crippen LogP contribution in [0.3, 0.4) is 0 Å². The fraction of sp³-hybridized carbons (Fsp3) is 0.350. The van der Waals surface area contributed by atoms with Gasteiger partial charge in [-0.2, -0.15) is 0 Å². The monoisotopic (exact) mass is 373 g/mol.